The zero-order valence-corrected chi connectivity index (χ0v) is 17.0. The Morgan fingerprint density at radius 3 is 2.16 bits per heavy atom. The molecule has 9 nitrogen and oxygen atoms in total. The maximum atomic E-state index is 12.9. The molecule has 0 aliphatic rings. The molecule has 0 radical (unpaired) electrons. The van der Waals surface area contributed by atoms with Crippen LogP contribution in [0.2, 0.25) is 0 Å². The number of hydrogen-bond donors (Lipinski definition) is 4. The van der Waals surface area contributed by atoms with Crippen molar-refractivity contribution in [3.63, 3.8) is 0 Å². The summed E-state index contributed by atoms with van der Waals surface area (Å²) in [6.07, 6.45) is -0.0597. The van der Waals surface area contributed by atoms with Crippen LogP contribution in [0.1, 0.15) is 24.0 Å². The van der Waals surface area contributed by atoms with Crippen LogP contribution in [-0.4, -0.2) is 46.6 Å². The summed E-state index contributed by atoms with van der Waals surface area (Å²) in [6.45, 7) is 0.235. The lowest BCUT2D eigenvalue weighted by Crippen LogP contribution is -2.50. The molecule has 2 aromatic rings. The van der Waals surface area contributed by atoms with Crippen molar-refractivity contribution < 1.29 is 38.5 Å². The fourth-order valence-electron chi connectivity index (χ4n) is 2.73. The summed E-state index contributed by atoms with van der Waals surface area (Å²) >= 11 is 0. The highest BCUT2D eigenvalue weighted by Crippen LogP contribution is 2.16. The van der Waals surface area contributed by atoms with Crippen LogP contribution in [0, 0.1) is 5.82 Å². The van der Waals surface area contributed by atoms with Gasteiger partial charge in [0.15, 0.2) is 0 Å². The van der Waals surface area contributed by atoms with Gasteiger partial charge in [-0.2, -0.15) is 0 Å². The van der Waals surface area contributed by atoms with Gasteiger partial charge in [-0.3, -0.25) is 4.79 Å². The minimum Gasteiger partial charge on any atom is -0.489 e. The van der Waals surface area contributed by atoms with Gasteiger partial charge in [-0.05, 0) is 41.8 Å². The van der Waals surface area contributed by atoms with E-state index in [1.165, 1.54) is 12.1 Å². The number of amides is 2. The second kappa shape index (κ2) is 12.0. The van der Waals surface area contributed by atoms with E-state index in [9.17, 15) is 28.7 Å². The number of rotatable bonds is 12. The minimum absolute atomic E-state index is 0.0259. The molecule has 0 fully saturated rings. The topological polar surface area (TPSA) is 142 Å². The number of benzene rings is 2. The number of carboxylic acids is 2. The molecule has 0 spiro atoms. The molecule has 2 atom stereocenters. The highest BCUT2D eigenvalue weighted by atomic mass is 19.1. The van der Waals surface area contributed by atoms with E-state index in [-0.39, 0.29) is 31.7 Å². The van der Waals surface area contributed by atoms with E-state index < -0.39 is 30.1 Å². The summed E-state index contributed by atoms with van der Waals surface area (Å²) in [5.74, 6) is -2.20. The highest BCUT2D eigenvalue weighted by Gasteiger charge is 2.22. The number of aliphatic carboxylic acids is 2. The first-order valence-electron chi connectivity index (χ1n) is 9.70. The summed E-state index contributed by atoms with van der Waals surface area (Å²) < 4.78 is 18.5. The van der Waals surface area contributed by atoms with Crippen LogP contribution in [0.25, 0.3) is 0 Å². The Hall–Kier alpha value is -3.95. The third-order valence-electron chi connectivity index (χ3n) is 4.44. The van der Waals surface area contributed by atoms with Gasteiger partial charge in [0, 0.05) is 12.8 Å². The van der Waals surface area contributed by atoms with Crippen LogP contribution < -0.4 is 15.4 Å². The Morgan fingerprint density at radius 2 is 1.59 bits per heavy atom. The molecule has 0 saturated heterocycles. The van der Waals surface area contributed by atoms with Gasteiger partial charge in [0.2, 0.25) is 0 Å². The van der Waals surface area contributed by atoms with E-state index in [1.807, 2.05) is 0 Å². The number of carboxylic acid groups (broad SMARTS) is 2. The Bertz CT molecular complexity index is 932. The molecule has 0 saturated carbocycles. The van der Waals surface area contributed by atoms with E-state index in [4.69, 9.17) is 9.84 Å². The van der Waals surface area contributed by atoms with E-state index in [2.05, 4.69) is 10.6 Å². The second-order valence-electron chi connectivity index (χ2n) is 6.95. The van der Waals surface area contributed by atoms with Gasteiger partial charge in [-0.25, -0.2) is 14.0 Å². The van der Waals surface area contributed by atoms with Crippen molar-refractivity contribution in [2.75, 3.05) is 0 Å². The van der Waals surface area contributed by atoms with Crippen LogP contribution in [0.5, 0.6) is 5.75 Å². The standard InChI is InChI=1S/C22H23FN2O7/c23-16-5-1-15(2-6-16)13-32-18-8-3-14(4-9-18)11-19(21(29)30)25-22(31)24-17(12-26)7-10-20(27)28/h1-6,8-9,12,17,19H,7,10-11,13H2,(H,27,28)(H,29,30)(H2,24,25,31)/t17-,19-/m0/s1. The fourth-order valence-corrected chi connectivity index (χ4v) is 2.73. The predicted octanol–water partition coefficient (Wildman–Crippen LogP) is 2.13. The third-order valence-corrected chi connectivity index (χ3v) is 4.44. The molecule has 170 valence electrons. The first-order valence-corrected chi connectivity index (χ1v) is 9.70. The molecule has 0 heterocycles. The highest BCUT2D eigenvalue weighted by molar-refractivity contribution is 5.84. The molecule has 0 aromatic heterocycles. The van der Waals surface area contributed by atoms with Crippen molar-refractivity contribution in [3.05, 3.63) is 65.5 Å². The third kappa shape index (κ3) is 8.42. The number of urea groups is 1. The maximum absolute atomic E-state index is 12.9. The smallest absolute Gasteiger partial charge is 0.326 e. The lowest BCUT2D eigenvalue weighted by atomic mass is 10.1. The normalized spacial score (nSPS) is 12.3. The molecule has 32 heavy (non-hydrogen) atoms. The van der Waals surface area contributed by atoms with Crippen molar-refractivity contribution in [1.29, 1.82) is 0 Å². The van der Waals surface area contributed by atoms with Gasteiger partial charge in [-0.1, -0.05) is 24.3 Å². The van der Waals surface area contributed by atoms with Gasteiger partial charge < -0.3 is 30.4 Å². The van der Waals surface area contributed by atoms with Crippen molar-refractivity contribution in [1.82, 2.24) is 10.6 Å². The number of hydrogen-bond acceptors (Lipinski definition) is 5. The lowest BCUT2D eigenvalue weighted by Gasteiger charge is -2.18. The summed E-state index contributed by atoms with van der Waals surface area (Å²) in [5, 5.41) is 22.6. The molecule has 0 aliphatic heterocycles. The van der Waals surface area contributed by atoms with Crippen molar-refractivity contribution in [3.8, 4) is 5.75 Å². The predicted molar refractivity (Wildman–Crippen MR) is 111 cm³/mol. The molecule has 2 rings (SSSR count). The molecular weight excluding hydrogens is 423 g/mol. The number of ether oxygens (including phenoxy) is 1. The van der Waals surface area contributed by atoms with E-state index in [1.54, 1.807) is 36.4 Å². The van der Waals surface area contributed by atoms with E-state index >= 15 is 0 Å². The Morgan fingerprint density at radius 1 is 0.969 bits per heavy atom. The maximum Gasteiger partial charge on any atom is 0.326 e. The zero-order chi connectivity index (χ0) is 23.5. The molecule has 0 unspecified atom stereocenters. The van der Waals surface area contributed by atoms with Crippen molar-refractivity contribution in [2.45, 2.75) is 38.0 Å². The first-order chi connectivity index (χ1) is 15.3. The average Bonchev–Trinajstić information content (AvgIpc) is 2.76. The van der Waals surface area contributed by atoms with Crippen LogP contribution in [0.4, 0.5) is 9.18 Å². The van der Waals surface area contributed by atoms with Crippen LogP contribution in [0.3, 0.4) is 0 Å². The Kier molecular flexibility index (Phi) is 9.15. The fraction of sp³-hybridized carbons (Fsp3) is 0.273. The van der Waals surface area contributed by atoms with E-state index in [0.29, 0.717) is 17.6 Å². The van der Waals surface area contributed by atoms with Crippen molar-refractivity contribution in [2.24, 2.45) is 0 Å². The van der Waals surface area contributed by atoms with Crippen molar-refractivity contribution >= 4 is 24.3 Å². The average molecular weight is 446 g/mol. The van der Waals surface area contributed by atoms with Gasteiger partial charge in [0.05, 0.1) is 6.04 Å². The lowest BCUT2D eigenvalue weighted by molar-refractivity contribution is -0.139. The van der Waals surface area contributed by atoms with E-state index in [0.717, 1.165) is 5.56 Å². The number of carbonyl (C=O) groups is 4. The van der Waals surface area contributed by atoms with Crippen LogP contribution in [-0.2, 0) is 27.4 Å². The SMILES string of the molecule is O=C[C@H](CCC(=O)O)NC(=O)N[C@@H](Cc1ccc(OCc2ccc(F)cc2)cc1)C(=O)O. The molecular formula is C22H23FN2O7. The molecule has 10 heteroatoms. The molecule has 2 aromatic carbocycles. The molecule has 4 N–H and O–H groups in total. The Labute approximate surface area is 183 Å². The molecule has 2 amide bonds. The number of aldehydes is 1. The first kappa shape index (κ1) is 24.3. The summed E-state index contributed by atoms with van der Waals surface area (Å²) in [4.78, 5) is 45.1. The molecule has 0 bridgehead atoms. The number of nitrogens with one attached hydrogen (secondary N) is 2. The van der Waals surface area contributed by atoms with Crippen LogP contribution >= 0.6 is 0 Å². The van der Waals surface area contributed by atoms with Crippen LogP contribution in [0.15, 0.2) is 48.5 Å². The largest absolute Gasteiger partial charge is 0.489 e. The summed E-state index contributed by atoms with van der Waals surface area (Å²) in [7, 11) is 0. The quantitative estimate of drug-likeness (QED) is 0.366. The van der Waals surface area contributed by atoms with Gasteiger partial charge in [0.25, 0.3) is 0 Å². The minimum atomic E-state index is -1.27. The molecule has 0 aliphatic carbocycles. The number of halogens is 1. The van der Waals surface area contributed by atoms with Gasteiger partial charge in [-0.15, -0.1) is 0 Å². The van der Waals surface area contributed by atoms with Gasteiger partial charge in [0.1, 0.15) is 30.5 Å². The summed E-state index contributed by atoms with van der Waals surface area (Å²) in [6, 6.07) is 9.26. The number of carbonyl (C=O) groups excluding carboxylic acids is 2. The zero-order valence-electron chi connectivity index (χ0n) is 17.0. The summed E-state index contributed by atoms with van der Waals surface area (Å²) in [5.41, 5.74) is 1.40. The monoisotopic (exact) mass is 446 g/mol. The van der Waals surface area contributed by atoms with Gasteiger partial charge >= 0.3 is 18.0 Å². The Balaban J connectivity index is 1.89. The second-order valence-corrected chi connectivity index (χ2v) is 6.95.